The van der Waals surface area contributed by atoms with Crippen LogP contribution in [0.4, 0.5) is 0 Å². The topological polar surface area (TPSA) is 57.7 Å². The van der Waals surface area contributed by atoms with Gasteiger partial charge < -0.3 is 9.69 Å². The summed E-state index contributed by atoms with van der Waals surface area (Å²) < 4.78 is 0. The van der Waals surface area contributed by atoms with Crippen LogP contribution in [-0.4, -0.2) is 61.4 Å². The van der Waals surface area contributed by atoms with E-state index in [4.69, 9.17) is 11.6 Å². The Morgan fingerprint density at radius 2 is 1.62 bits per heavy atom. The summed E-state index contributed by atoms with van der Waals surface area (Å²) in [6, 6.07) is 8.34. The Labute approximate surface area is 339 Å². The van der Waals surface area contributed by atoms with E-state index in [2.05, 4.69) is 84.5 Å². The number of likely N-dealkylation sites (N-methyl/N-ethyl adjacent to an activating group) is 1. The maximum absolute atomic E-state index is 14.2. The first-order chi connectivity index (χ1) is 25.9. The fourth-order valence-corrected chi connectivity index (χ4v) is 15.0. The maximum atomic E-state index is 14.2. The second-order valence-corrected chi connectivity index (χ2v) is 22.0. The van der Waals surface area contributed by atoms with Crippen LogP contribution in [0.3, 0.4) is 0 Å². The predicted molar refractivity (Wildman–Crippen MR) is 225 cm³/mol. The molecule has 11 atom stereocenters. The normalized spacial score (nSPS) is 39.4. The highest BCUT2D eigenvalue weighted by Gasteiger charge is 2.66. The number of allylic oxidation sites excluding steroid dienone is 2. The summed E-state index contributed by atoms with van der Waals surface area (Å²) in [5.41, 5.74) is 4.78. The van der Waals surface area contributed by atoms with Gasteiger partial charge in [0.2, 0.25) is 0 Å². The van der Waals surface area contributed by atoms with Gasteiger partial charge >= 0.3 is 0 Å². The molecule has 6 aliphatic rings. The first-order valence-electron chi connectivity index (χ1n) is 22.3. The van der Waals surface area contributed by atoms with Crippen LogP contribution >= 0.6 is 11.6 Å². The minimum Gasteiger partial charge on any atom is -0.308 e. The molecule has 0 aliphatic heterocycles. The average molecular weight is 774 g/mol. The lowest BCUT2D eigenvalue weighted by Crippen LogP contribution is -2.62. The number of aldehydes is 1. The molecule has 0 heterocycles. The minimum atomic E-state index is -0.00518. The molecule has 5 saturated carbocycles. The first-order valence-corrected chi connectivity index (χ1v) is 22.7. The van der Waals surface area contributed by atoms with Crippen LogP contribution in [0.25, 0.3) is 0 Å². The number of ketones is 2. The molecule has 0 saturated heterocycles. The maximum Gasteiger partial charge on any atom is 0.159 e. The molecule has 6 aliphatic carbocycles. The van der Waals surface area contributed by atoms with Crippen molar-refractivity contribution in [2.45, 2.75) is 132 Å². The van der Waals surface area contributed by atoms with E-state index >= 15 is 0 Å². The van der Waals surface area contributed by atoms with E-state index < -0.39 is 0 Å². The van der Waals surface area contributed by atoms with Gasteiger partial charge in [0.15, 0.2) is 5.78 Å². The third-order valence-corrected chi connectivity index (χ3v) is 18.2. The molecular formula is C49H73ClN2O3. The van der Waals surface area contributed by atoms with E-state index in [1.54, 1.807) is 5.57 Å². The number of fused-ring (bicyclic) bond motifs is 7. The van der Waals surface area contributed by atoms with Crippen LogP contribution in [0.15, 0.2) is 35.4 Å². The van der Waals surface area contributed by atoms with E-state index in [9.17, 15) is 14.4 Å². The van der Waals surface area contributed by atoms with Gasteiger partial charge in [0.25, 0.3) is 0 Å². The predicted octanol–water partition coefficient (Wildman–Crippen LogP) is 10.7. The molecule has 0 amide bonds. The Kier molecular flexibility index (Phi) is 11.6. The molecule has 7 rings (SSSR count). The minimum absolute atomic E-state index is 0.00518. The zero-order valence-corrected chi connectivity index (χ0v) is 36.6. The van der Waals surface area contributed by atoms with Crippen molar-refractivity contribution in [1.29, 1.82) is 0 Å². The van der Waals surface area contributed by atoms with Gasteiger partial charge in [-0.25, -0.2) is 0 Å². The molecule has 11 unspecified atom stereocenters. The molecule has 1 aromatic carbocycles. The Morgan fingerprint density at radius 1 is 0.909 bits per heavy atom. The quantitative estimate of drug-likeness (QED) is 0.187. The zero-order valence-electron chi connectivity index (χ0n) is 35.9. The molecule has 5 fully saturated rings. The van der Waals surface area contributed by atoms with Crippen molar-refractivity contribution in [2.24, 2.45) is 74.9 Å². The fourth-order valence-electron chi connectivity index (χ4n) is 14.8. The number of rotatable bonds is 13. The first kappa shape index (κ1) is 41.3. The monoisotopic (exact) mass is 773 g/mol. The number of halogens is 1. The van der Waals surface area contributed by atoms with Gasteiger partial charge in [0, 0.05) is 54.7 Å². The summed E-state index contributed by atoms with van der Waals surface area (Å²) in [6.45, 7) is 21.0. The number of nitrogens with zero attached hydrogens (tertiary/aromatic N) is 2. The molecule has 0 aromatic heterocycles. The highest BCUT2D eigenvalue weighted by molar-refractivity contribution is 6.30. The van der Waals surface area contributed by atoms with Gasteiger partial charge in [-0.1, -0.05) is 77.8 Å². The van der Waals surface area contributed by atoms with Crippen molar-refractivity contribution >= 4 is 29.5 Å². The smallest absolute Gasteiger partial charge is 0.159 e. The van der Waals surface area contributed by atoms with Crippen LogP contribution in [0.2, 0.25) is 5.02 Å². The number of carbonyl (C=O) groups excluding carboxylic acids is 3. The van der Waals surface area contributed by atoms with Crippen molar-refractivity contribution in [1.82, 2.24) is 9.80 Å². The van der Waals surface area contributed by atoms with Gasteiger partial charge in [-0.3, -0.25) is 14.5 Å². The van der Waals surface area contributed by atoms with Crippen LogP contribution in [0, 0.1) is 74.9 Å². The van der Waals surface area contributed by atoms with E-state index in [-0.39, 0.29) is 45.3 Å². The zero-order chi connectivity index (χ0) is 39.7. The Morgan fingerprint density at radius 3 is 2.27 bits per heavy atom. The van der Waals surface area contributed by atoms with Crippen molar-refractivity contribution < 1.29 is 14.4 Å². The molecular weight excluding hydrogens is 700 g/mol. The molecule has 0 N–H and O–H groups in total. The summed E-state index contributed by atoms with van der Waals surface area (Å²) in [6.07, 6.45) is 14.1. The molecule has 304 valence electrons. The van der Waals surface area contributed by atoms with Gasteiger partial charge in [-0.15, -0.1) is 0 Å². The van der Waals surface area contributed by atoms with E-state index in [1.165, 1.54) is 49.7 Å². The Hall–Kier alpha value is -1.82. The molecule has 0 spiro atoms. The largest absolute Gasteiger partial charge is 0.308 e. The van der Waals surface area contributed by atoms with Crippen LogP contribution < -0.4 is 0 Å². The number of hydrogen-bond donors (Lipinski definition) is 0. The molecule has 5 nitrogen and oxygen atoms in total. The summed E-state index contributed by atoms with van der Waals surface area (Å²) in [7, 11) is 4.32. The van der Waals surface area contributed by atoms with Gasteiger partial charge in [0.1, 0.15) is 12.1 Å². The lowest BCUT2D eigenvalue weighted by molar-refractivity contribution is -0.193. The van der Waals surface area contributed by atoms with Crippen molar-refractivity contribution in [3.63, 3.8) is 0 Å². The van der Waals surface area contributed by atoms with Gasteiger partial charge in [-0.2, -0.15) is 0 Å². The summed E-state index contributed by atoms with van der Waals surface area (Å²) in [4.78, 5) is 44.2. The average Bonchev–Trinajstić information content (AvgIpc) is 3.43. The van der Waals surface area contributed by atoms with Crippen molar-refractivity contribution in [3.8, 4) is 0 Å². The van der Waals surface area contributed by atoms with Gasteiger partial charge in [-0.05, 0) is 166 Å². The number of hydrogen-bond acceptors (Lipinski definition) is 5. The molecule has 55 heavy (non-hydrogen) atoms. The summed E-state index contributed by atoms with van der Waals surface area (Å²) >= 11 is 6.26. The van der Waals surface area contributed by atoms with Crippen LogP contribution in [-0.2, 0) is 20.9 Å². The molecule has 6 heteroatoms. The summed E-state index contributed by atoms with van der Waals surface area (Å²) in [5, 5.41) is 0.780. The lowest BCUT2D eigenvalue weighted by atomic mass is 9.35. The highest BCUT2D eigenvalue weighted by atomic mass is 35.5. The van der Waals surface area contributed by atoms with Gasteiger partial charge in [0.05, 0.1) is 0 Å². The van der Waals surface area contributed by atoms with E-state index in [0.717, 1.165) is 63.2 Å². The second kappa shape index (κ2) is 15.4. The second-order valence-electron chi connectivity index (χ2n) is 21.5. The molecule has 0 radical (unpaired) electrons. The standard InChI is InChI=1S/C49H73ClN2O3/c1-31(2)44-41(55)28-49(22-23-52(25-24-51(8)9)29-33-10-12-36(50)13-11-33)21-17-39-37(45(44)49)14-15-43-47(39,6)20-18-42-46(4,5)35(16-19-48(42,43)7)27-40(54)38-26-34(30-53)32(38)3/h10-13,30-32,34-35,37-39,42-43H,14-29H2,1-9H3. The van der Waals surface area contributed by atoms with E-state index in [0.29, 0.717) is 54.0 Å². The lowest BCUT2D eigenvalue weighted by Gasteiger charge is -2.69. The molecule has 1 aromatic rings. The Bertz CT molecular complexity index is 1650. The highest BCUT2D eigenvalue weighted by Crippen LogP contribution is 2.74. The third-order valence-electron chi connectivity index (χ3n) is 17.9. The van der Waals surface area contributed by atoms with Crippen molar-refractivity contribution in [2.75, 3.05) is 33.7 Å². The number of Topliss-reactive ketones (excluding diaryl/α,β-unsaturated/α-hetero) is 2. The fraction of sp³-hybridized carbons (Fsp3) is 0.776. The van der Waals surface area contributed by atoms with Crippen LogP contribution in [0.5, 0.6) is 0 Å². The van der Waals surface area contributed by atoms with E-state index in [1.807, 2.05) is 12.1 Å². The number of carbonyl (C=O) groups is 3. The molecule has 0 bridgehead atoms. The SMILES string of the molecule is CC(C)C1=C2C3CCC4C(C)(CCC5C(C)(C)C(CC(=O)C6CC(C=O)C6C)CCC54C)C3CCC2(CCN(CCN(C)C)Cc2ccc(Cl)cc2)CC1=O. The van der Waals surface area contributed by atoms with Crippen molar-refractivity contribution in [3.05, 3.63) is 46.0 Å². The van der Waals surface area contributed by atoms with Crippen LogP contribution in [0.1, 0.15) is 131 Å². The number of benzene rings is 1. The Balaban J connectivity index is 1.11. The third kappa shape index (κ3) is 7.19. The summed E-state index contributed by atoms with van der Waals surface area (Å²) in [5.74, 6) is 4.39.